The van der Waals surface area contributed by atoms with Crippen LogP contribution in [0.2, 0.25) is 0 Å². The minimum absolute atomic E-state index is 0.339. The Hall–Kier alpha value is -0.930. The second-order valence-corrected chi connectivity index (χ2v) is 2.99. The van der Waals surface area contributed by atoms with Gasteiger partial charge in [0.15, 0.2) is 0 Å². The second kappa shape index (κ2) is 5.69. The normalized spacial score (nSPS) is 11.2. The highest BCUT2D eigenvalue weighted by Gasteiger charge is 1.88. The Labute approximate surface area is 75.2 Å². The van der Waals surface area contributed by atoms with Gasteiger partial charge in [0.25, 0.3) is 0 Å². The van der Waals surface area contributed by atoms with Gasteiger partial charge in [-0.15, -0.1) is 13.2 Å². The zero-order valence-electron chi connectivity index (χ0n) is 6.95. The van der Waals surface area contributed by atoms with Gasteiger partial charge in [0.1, 0.15) is 0 Å². The molecule has 3 heteroatoms. The predicted octanol–water partition coefficient (Wildman–Crippen LogP) is 2.04. The molecular weight excluding hydrogens is 172 g/mol. The van der Waals surface area contributed by atoms with Crippen LogP contribution in [0.3, 0.4) is 0 Å². The molecule has 0 saturated heterocycles. The Morgan fingerprint density at radius 2 is 1.67 bits per heavy atom. The lowest BCUT2D eigenvalue weighted by Crippen LogP contribution is -1.87. The van der Waals surface area contributed by atoms with E-state index in [2.05, 4.69) is 13.2 Å². The van der Waals surface area contributed by atoms with Crippen LogP contribution < -0.4 is 0 Å². The van der Waals surface area contributed by atoms with Crippen LogP contribution in [-0.4, -0.2) is 8.76 Å². The second-order valence-electron chi connectivity index (χ2n) is 2.05. The number of benzene rings is 1. The van der Waals surface area contributed by atoms with Crippen molar-refractivity contribution in [1.29, 1.82) is 0 Å². The number of rotatable bonds is 1. The molecule has 2 nitrogen and oxygen atoms in total. The molecule has 1 atom stereocenters. The first kappa shape index (κ1) is 11.1. The van der Waals surface area contributed by atoms with Crippen LogP contribution in [0, 0.1) is 6.92 Å². The van der Waals surface area contributed by atoms with Crippen molar-refractivity contribution in [1.82, 2.24) is 0 Å². The molecule has 0 aliphatic carbocycles. The van der Waals surface area contributed by atoms with Crippen LogP contribution >= 0.6 is 0 Å². The third-order valence-electron chi connectivity index (χ3n) is 1.21. The van der Waals surface area contributed by atoms with Gasteiger partial charge in [-0.3, -0.25) is 4.21 Å². The van der Waals surface area contributed by atoms with Crippen molar-refractivity contribution in [2.75, 3.05) is 0 Å². The average molecular weight is 183 g/mol. The van der Waals surface area contributed by atoms with E-state index in [4.69, 9.17) is 0 Å². The molecule has 0 aromatic heterocycles. The zero-order valence-corrected chi connectivity index (χ0v) is 7.76. The van der Waals surface area contributed by atoms with E-state index in [9.17, 15) is 8.76 Å². The van der Waals surface area contributed by atoms with Crippen molar-refractivity contribution in [3.63, 3.8) is 0 Å². The molecule has 0 aliphatic heterocycles. The minimum atomic E-state index is -2.09. The van der Waals surface area contributed by atoms with Gasteiger partial charge in [-0.05, 0) is 30.1 Å². The minimum Gasteiger partial charge on any atom is -0.768 e. The molecular formula is C9H11O2S-. The summed E-state index contributed by atoms with van der Waals surface area (Å²) in [6.45, 7) is 7.91. The van der Waals surface area contributed by atoms with E-state index in [-0.39, 0.29) is 0 Å². The maximum absolute atomic E-state index is 10.3. The Kier molecular flexibility index (Phi) is 5.25. The third-order valence-corrected chi connectivity index (χ3v) is 1.87. The SMILES string of the molecule is C=C.Cc1ccc(S(=O)[O-])cc1. The fraction of sp³-hybridized carbons (Fsp3) is 0.111. The molecule has 1 unspecified atom stereocenters. The van der Waals surface area contributed by atoms with Crippen LogP contribution in [0.5, 0.6) is 0 Å². The molecule has 0 heterocycles. The molecule has 12 heavy (non-hydrogen) atoms. The van der Waals surface area contributed by atoms with Gasteiger partial charge in [0.2, 0.25) is 0 Å². The van der Waals surface area contributed by atoms with Gasteiger partial charge in [-0.25, -0.2) is 0 Å². The summed E-state index contributed by atoms with van der Waals surface area (Å²) in [4.78, 5) is 0.339. The van der Waals surface area contributed by atoms with Crippen molar-refractivity contribution in [2.45, 2.75) is 11.8 Å². The van der Waals surface area contributed by atoms with E-state index >= 15 is 0 Å². The maximum Gasteiger partial charge on any atom is 0.0248 e. The Morgan fingerprint density at radius 1 is 1.25 bits per heavy atom. The summed E-state index contributed by atoms with van der Waals surface area (Å²) in [6, 6.07) is 6.70. The molecule has 0 saturated carbocycles. The third kappa shape index (κ3) is 3.46. The highest BCUT2D eigenvalue weighted by molar-refractivity contribution is 7.79. The average Bonchev–Trinajstić information content (AvgIpc) is 2.09. The van der Waals surface area contributed by atoms with E-state index in [1.165, 1.54) is 0 Å². The molecule has 66 valence electrons. The molecule has 0 N–H and O–H groups in total. The van der Waals surface area contributed by atoms with E-state index in [1.807, 2.05) is 6.92 Å². The van der Waals surface area contributed by atoms with Gasteiger partial charge in [0.05, 0.1) is 0 Å². The Morgan fingerprint density at radius 3 is 2.00 bits per heavy atom. The number of hydrogen-bond acceptors (Lipinski definition) is 2. The van der Waals surface area contributed by atoms with Crippen LogP contribution in [0.25, 0.3) is 0 Å². The van der Waals surface area contributed by atoms with Crippen molar-refractivity contribution < 1.29 is 8.76 Å². The fourth-order valence-electron chi connectivity index (χ4n) is 0.649. The summed E-state index contributed by atoms with van der Waals surface area (Å²) in [6.07, 6.45) is 0. The van der Waals surface area contributed by atoms with Crippen LogP contribution in [0.1, 0.15) is 5.56 Å². The molecule has 0 amide bonds. The first-order chi connectivity index (χ1) is 5.70. The molecule has 0 aliphatic rings. The largest absolute Gasteiger partial charge is 0.768 e. The van der Waals surface area contributed by atoms with Crippen LogP contribution in [-0.2, 0) is 11.1 Å². The smallest absolute Gasteiger partial charge is 0.0248 e. The first-order valence-electron chi connectivity index (χ1n) is 3.36. The van der Waals surface area contributed by atoms with Gasteiger partial charge in [-0.1, -0.05) is 17.7 Å². The maximum atomic E-state index is 10.3. The topological polar surface area (TPSA) is 40.1 Å². The van der Waals surface area contributed by atoms with E-state index < -0.39 is 11.1 Å². The number of aryl methyl sites for hydroxylation is 1. The standard InChI is InChI=1S/C7H8O2S.C2H4/c1-6-2-4-7(5-3-6)10(8)9;1-2/h2-5H,1H3,(H,8,9);1-2H2/p-1. The molecule has 0 bridgehead atoms. The Balaban J connectivity index is 0.000000561. The molecule has 1 aromatic carbocycles. The van der Waals surface area contributed by atoms with Gasteiger partial charge < -0.3 is 4.55 Å². The lowest BCUT2D eigenvalue weighted by Gasteiger charge is -2.03. The molecule has 1 rings (SSSR count). The lowest BCUT2D eigenvalue weighted by molar-refractivity contribution is 0.537. The summed E-state index contributed by atoms with van der Waals surface area (Å²) < 4.78 is 20.6. The van der Waals surface area contributed by atoms with Gasteiger partial charge in [0, 0.05) is 4.90 Å². The molecule has 0 spiro atoms. The van der Waals surface area contributed by atoms with E-state index in [1.54, 1.807) is 24.3 Å². The summed E-state index contributed by atoms with van der Waals surface area (Å²) in [7, 11) is 0. The van der Waals surface area contributed by atoms with Crippen molar-refractivity contribution in [3.8, 4) is 0 Å². The zero-order chi connectivity index (χ0) is 9.56. The van der Waals surface area contributed by atoms with Crippen LogP contribution in [0.15, 0.2) is 42.3 Å². The summed E-state index contributed by atoms with van der Waals surface area (Å²) >= 11 is -2.09. The number of hydrogen-bond donors (Lipinski definition) is 0. The van der Waals surface area contributed by atoms with Gasteiger partial charge >= 0.3 is 0 Å². The Bertz CT molecular complexity index is 254. The highest BCUT2D eigenvalue weighted by Crippen LogP contribution is 2.05. The lowest BCUT2D eigenvalue weighted by atomic mass is 10.2. The summed E-state index contributed by atoms with van der Waals surface area (Å²) in [5, 5.41) is 0. The van der Waals surface area contributed by atoms with Gasteiger partial charge in [-0.2, -0.15) is 0 Å². The van der Waals surface area contributed by atoms with Crippen molar-refractivity contribution in [2.24, 2.45) is 0 Å². The predicted molar refractivity (Wildman–Crippen MR) is 49.6 cm³/mol. The monoisotopic (exact) mass is 183 g/mol. The molecule has 0 radical (unpaired) electrons. The van der Waals surface area contributed by atoms with E-state index in [0.717, 1.165) is 5.56 Å². The fourth-order valence-corrected chi connectivity index (χ4v) is 1.01. The van der Waals surface area contributed by atoms with Crippen molar-refractivity contribution >= 4 is 11.1 Å². The summed E-state index contributed by atoms with van der Waals surface area (Å²) in [5.41, 5.74) is 1.06. The summed E-state index contributed by atoms with van der Waals surface area (Å²) in [5.74, 6) is 0. The highest BCUT2D eigenvalue weighted by atomic mass is 32.2. The quantitative estimate of drug-likeness (QED) is 0.493. The van der Waals surface area contributed by atoms with Crippen molar-refractivity contribution in [3.05, 3.63) is 43.0 Å². The molecule has 0 fully saturated rings. The first-order valence-corrected chi connectivity index (χ1v) is 4.43. The van der Waals surface area contributed by atoms with Crippen LogP contribution in [0.4, 0.5) is 0 Å². The van der Waals surface area contributed by atoms with E-state index in [0.29, 0.717) is 4.90 Å². The molecule has 1 aromatic rings.